The van der Waals surface area contributed by atoms with Crippen molar-refractivity contribution < 1.29 is 13.9 Å². The molecule has 2 aromatic carbocycles. The number of fused-ring (bicyclic) bond motifs is 1. The molecule has 2 aromatic heterocycles. The van der Waals surface area contributed by atoms with Gasteiger partial charge in [-0.3, -0.25) is 10.3 Å². The van der Waals surface area contributed by atoms with Gasteiger partial charge in [-0.1, -0.05) is 12.1 Å². The van der Waals surface area contributed by atoms with Gasteiger partial charge in [0.05, 0.1) is 18.3 Å². The van der Waals surface area contributed by atoms with Gasteiger partial charge in [0, 0.05) is 41.6 Å². The van der Waals surface area contributed by atoms with E-state index in [0.29, 0.717) is 11.4 Å². The Labute approximate surface area is 179 Å². The van der Waals surface area contributed by atoms with Gasteiger partial charge in [0.1, 0.15) is 11.6 Å². The number of benzene rings is 2. The Kier molecular flexibility index (Phi) is 5.49. The van der Waals surface area contributed by atoms with Gasteiger partial charge in [-0.2, -0.15) is 0 Å². The topological polar surface area (TPSA) is 67.3 Å². The van der Waals surface area contributed by atoms with Crippen LogP contribution in [-0.4, -0.2) is 30.2 Å². The predicted molar refractivity (Wildman–Crippen MR) is 120 cm³/mol. The average Bonchev–Trinajstić information content (AvgIpc) is 2.80. The molecule has 1 amide bonds. The third kappa shape index (κ3) is 4.02. The zero-order chi connectivity index (χ0) is 22.0. The van der Waals surface area contributed by atoms with E-state index in [-0.39, 0.29) is 5.82 Å². The lowest BCUT2D eigenvalue weighted by Crippen LogP contribution is -2.12. The van der Waals surface area contributed by atoms with E-state index in [1.807, 2.05) is 48.3 Å². The summed E-state index contributed by atoms with van der Waals surface area (Å²) in [6.07, 6.45) is 2.86. The van der Waals surface area contributed by atoms with Gasteiger partial charge in [0.15, 0.2) is 0 Å². The summed E-state index contributed by atoms with van der Waals surface area (Å²) in [5, 5.41) is 3.47. The third-order valence-corrected chi connectivity index (χ3v) is 5.19. The second kappa shape index (κ2) is 8.39. The molecule has 4 rings (SSSR count). The van der Waals surface area contributed by atoms with Crippen LogP contribution >= 0.6 is 0 Å². The Morgan fingerprint density at radius 1 is 1.03 bits per heavy atom. The monoisotopic (exact) mass is 416 g/mol. The number of anilines is 3. The second-order valence-corrected chi connectivity index (χ2v) is 7.05. The van der Waals surface area contributed by atoms with Crippen molar-refractivity contribution in [2.24, 2.45) is 0 Å². The van der Waals surface area contributed by atoms with Crippen molar-refractivity contribution in [3.8, 4) is 11.1 Å². The molecule has 0 atom stereocenters. The molecular weight excluding hydrogens is 395 g/mol. The first-order valence-corrected chi connectivity index (χ1v) is 9.67. The number of amides is 1. The molecule has 7 heteroatoms. The zero-order valence-electron chi connectivity index (χ0n) is 17.4. The van der Waals surface area contributed by atoms with Crippen LogP contribution in [0.3, 0.4) is 0 Å². The number of nitrogens with one attached hydrogen (secondary N) is 1. The van der Waals surface area contributed by atoms with Crippen molar-refractivity contribution in [2.45, 2.75) is 6.92 Å². The highest BCUT2D eigenvalue weighted by Crippen LogP contribution is 2.34. The number of nitrogens with zero attached hydrogens (tertiary/aromatic N) is 3. The fourth-order valence-electron chi connectivity index (χ4n) is 3.49. The maximum absolute atomic E-state index is 14.1. The highest BCUT2D eigenvalue weighted by molar-refractivity contribution is 5.96. The van der Waals surface area contributed by atoms with Gasteiger partial charge in [-0.15, -0.1) is 0 Å². The Morgan fingerprint density at radius 2 is 1.84 bits per heavy atom. The molecule has 0 fully saturated rings. The summed E-state index contributed by atoms with van der Waals surface area (Å²) in [6.45, 7) is 1.77. The second-order valence-electron chi connectivity index (χ2n) is 7.05. The summed E-state index contributed by atoms with van der Waals surface area (Å²) in [6, 6.07) is 16.5. The molecular formula is C24H21FN4O2. The van der Waals surface area contributed by atoms with Crippen molar-refractivity contribution in [1.82, 2.24) is 9.97 Å². The molecule has 0 aliphatic carbocycles. The van der Waals surface area contributed by atoms with E-state index >= 15 is 0 Å². The number of aromatic nitrogens is 2. The molecule has 156 valence electrons. The van der Waals surface area contributed by atoms with Gasteiger partial charge in [0.25, 0.3) is 0 Å². The number of pyridine rings is 2. The first-order valence-electron chi connectivity index (χ1n) is 9.67. The van der Waals surface area contributed by atoms with Crippen molar-refractivity contribution in [1.29, 1.82) is 0 Å². The molecule has 0 unspecified atom stereocenters. The Bertz CT molecular complexity index is 1260. The van der Waals surface area contributed by atoms with E-state index < -0.39 is 6.09 Å². The Morgan fingerprint density at radius 3 is 2.58 bits per heavy atom. The summed E-state index contributed by atoms with van der Waals surface area (Å²) in [4.78, 5) is 22.0. The number of halogens is 1. The summed E-state index contributed by atoms with van der Waals surface area (Å²) in [5.41, 5.74) is 4.96. The van der Waals surface area contributed by atoms with Gasteiger partial charge in [-0.25, -0.2) is 14.2 Å². The van der Waals surface area contributed by atoms with Crippen LogP contribution in [0.15, 0.2) is 67.0 Å². The SMILES string of the molecule is COC(=O)Nc1ccc(-c2ccc3nccc(N(C)c4cccc(F)c4C)c3c2)cn1. The number of rotatable bonds is 4. The number of hydrogen-bond acceptors (Lipinski definition) is 5. The lowest BCUT2D eigenvalue weighted by Gasteiger charge is -2.23. The average molecular weight is 416 g/mol. The van der Waals surface area contributed by atoms with Crippen LogP contribution in [0.4, 0.5) is 26.4 Å². The summed E-state index contributed by atoms with van der Waals surface area (Å²) >= 11 is 0. The van der Waals surface area contributed by atoms with Crippen molar-refractivity contribution in [3.63, 3.8) is 0 Å². The molecule has 2 heterocycles. The lowest BCUT2D eigenvalue weighted by molar-refractivity contribution is 0.187. The maximum atomic E-state index is 14.1. The van der Waals surface area contributed by atoms with E-state index in [4.69, 9.17) is 0 Å². The molecule has 0 saturated heterocycles. The van der Waals surface area contributed by atoms with Crippen LogP contribution in [0, 0.1) is 12.7 Å². The molecule has 4 aromatic rings. The van der Waals surface area contributed by atoms with E-state index in [1.165, 1.54) is 13.2 Å². The van der Waals surface area contributed by atoms with E-state index in [2.05, 4.69) is 20.0 Å². The molecule has 0 saturated carbocycles. The molecule has 0 bridgehead atoms. The van der Waals surface area contributed by atoms with E-state index in [1.54, 1.807) is 31.5 Å². The Balaban J connectivity index is 1.74. The van der Waals surface area contributed by atoms with Crippen LogP contribution in [-0.2, 0) is 4.74 Å². The maximum Gasteiger partial charge on any atom is 0.412 e. The predicted octanol–water partition coefficient (Wildman–Crippen LogP) is 5.69. The van der Waals surface area contributed by atoms with Crippen LogP contribution < -0.4 is 10.2 Å². The third-order valence-electron chi connectivity index (χ3n) is 5.19. The summed E-state index contributed by atoms with van der Waals surface area (Å²) < 4.78 is 18.7. The minimum absolute atomic E-state index is 0.241. The van der Waals surface area contributed by atoms with E-state index in [0.717, 1.165) is 33.4 Å². The van der Waals surface area contributed by atoms with Crippen molar-refractivity contribution in [2.75, 3.05) is 24.4 Å². The summed E-state index contributed by atoms with van der Waals surface area (Å²) in [7, 11) is 3.21. The fraction of sp³-hybridized carbons (Fsp3) is 0.125. The minimum atomic E-state index is -0.572. The molecule has 31 heavy (non-hydrogen) atoms. The fourth-order valence-corrected chi connectivity index (χ4v) is 3.49. The van der Waals surface area contributed by atoms with Gasteiger partial charge >= 0.3 is 6.09 Å². The molecule has 0 aliphatic rings. The normalized spacial score (nSPS) is 10.7. The lowest BCUT2D eigenvalue weighted by atomic mass is 10.0. The standard InChI is InChI=1S/C24H21FN4O2/c1-15-19(25)5-4-6-21(15)29(2)22-11-12-26-20-9-7-16(13-18(20)22)17-8-10-23(27-14-17)28-24(30)31-3/h4-14H,1-3H3,(H,27,28,30). The highest BCUT2D eigenvalue weighted by Gasteiger charge is 2.14. The quantitative estimate of drug-likeness (QED) is 0.463. The Hall–Kier alpha value is -4.00. The van der Waals surface area contributed by atoms with Gasteiger partial charge in [-0.05, 0) is 55.0 Å². The number of ether oxygens (including phenoxy) is 1. The van der Waals surface area contributed by atoms with Crippen LogP contribution in [0.5, 0.6) is 0 Å². The molecule has 1 N–H and O–H groups in total. The van der Waals surface area contributed by atoms with Gasteiger partial charge in [0.2, 0.25) is 0 Å². The first-order chi connectivity index (χ1) is 15.0. The van der Waals surface area contributed by atoms with E-state index in [9.17, 15) is 9.18 Å². The molecule has 6 nitrogen and oxygen atoms in total. The van der Waals surface area contributed by atoms with Gasteiger partial charge < -0.3 is 9.64 Å². The number of methoxy groups -OCH3 is 1. The number of carbonyl (C=O) groups is 1. The molecule has 0 aliphatic heterocycles. The van der Waals surface area contributed by atoms with Crippen molar-refractivity contribution >= 4 is 34.2 Å². The zero-order valence-corrected chi connectivity index (χ0v) is 17.4. The van der Waals surface area contributed by atoms with Crippen LogP contribution in [0.25, 0.3) is 22.0 Å². The first kappa shape index (κ1) is 20.3. The van der Waals surface area contributed by atoms with Crippen LogP contribution in [0.1, 0.15) is 5.56 Å². The van der Waals surface area contributed by atoms with Crippen LogP contribution in [0.2, 0.25) is 0 Å². The molecule has 0 spiro atoms. The minimum Gasteiger partial charge on any atom is -0.453 e. The largest absolute Gasteiger partial charge is 0.453 e. The highest BCUT2D eigenvalue weighted by atomic mass is 19.1. The number of hydrogen-bond donors (Lipinski definition) is 1. The molecule has 0 radical (unpaired) electrons. The van der Waals surface area contributed by atoms with Crippen molar-refractivity contribution in [3.05, 3.63) is 78.4 Å². The summed E-state index contributed by atoms with van der Waals surface area (Å²) in [5.74, 6) is 0.162. The number of carbonyl (C=O) groups excluding carboxylic acids is 1. The smallest absolute Gasteiger partial charge is 0.412 e.